The van der Waals surface area contributed by atoms with Crippen LogP contribution < -0.4 is 0 Å². The number of allylic oxidation sites excluding steroid dienone is 1. The molecule has 0 bridgehead atoms. The van der Waals surface area contributed by atoms with Crippen molar-refractivity contribution in [3.05, 3.63) is 12.3 Å². The third-order valence-corrected chi connectivity index (χ3v) is 3.89. The predicted octanol–water partition coefficient (Wildman–Crippen LogP) is 2.11. The predicted molar refractivity (Wildman–Crippen MR) is 62.9 cm³/mol. The Morgan fingerprint density at radius 2 is 1.57 bits per heavy atom. The Kier molecular flexibility index (Phi) is 5.38. The maximum absolute atomic E-state index is 2.33. The first-order chi connectivity index (χ1) is 5.79. The zero-order valence-electron chi connectivity index (χ0n) is 10.8. The molecular formula is C11H22KN2. The SMILES string of the molecule is CN1C=CCC(C)(C)C(C)(C)N1C.[K]. The van der Waals surface area contributed by atoms with E-state index in [-0.39, 0.29) is 56.9 Å². The average molecular weight is 221 g/mol. The van der Waals surface area contributed by atoms with Crippen LogP contribution in [0.4, 0.5) is 0 Å². The van der Waals surface area contributed by atoms with E-state index in [2.05, 4.69) is 64.1 Å². The maximum Gasteiger partial charge on any atom is 0.0398 e. The second kappa shape index (κ2) is 4.98. The van der Waals surface area contributed by atoms with E-state index in [1.165, 1.54) is 0 Å². The van der Waals surface area contributed by atoms with Crippen molar-refractivity contribution < 1.29 is 0 Å². The third kappa shape index (κ3) is 2.63. The minimum Gasteiger partial charge on any atom is -0.316 e. The summed E-state index contributed by atoms with van der Waals surface area (Å²) in [7, 11) is 4.25. The van der Waals surface area contributed by atoms with Crippen molar-refractivity contribution in [1.29, 1.82) is 0 Å². The summed E-state index contributed by atoms with van der Waals surface area (Å²) < 4.78 is 0. The molecule has 0 fully saturated rings. The van der Waals surface area contributed by atoms with Crippen molar-refractivity contribution in [2.75, 3.05) is 14.1 Å². The third-order valence-electron chi connectivity index (χ3n) is 3.89. The molecule has 0 N–H and O–H groups in total. The summed E-state index contributed by atoms with van der Waals surface area (Å²) in [6.07, 6.45) is 5.54. The topological polar surface area (TPSA) is 6.48 Å². The summed E-state index contributed by atoms with van der Waals surface area (Å²) in [6, 6.07) is 0. The zero-order valence-corrected chi connectivity index (χ0v) is 13.9. The van der Waals surface area contributed by atoms with E-state index in [1.807, 2.05) is 0 Å². The molecule has 3 heteroatoms. The molecule has 1 heterocycles. The minimum absolute atomic E-state index is 0. The first kappa shape index (κ1) is 15.1. The smallest absolute Gasteiger partial charge is 0.0398 e. The first-order valence-electron chi connectivity index (χ1n) is 4.92. The van der Waals surface area contributed by atoms with E-state index in [0.717, 1.165) is 6.42 Å². The van der Waals surface area contributed by atoms with Crippen LogP contribution in [0.3, 0.4) is 0 Å². The first-order valence-corrected chi connectivity index (χ1v) is 4.92. The van der Waals surface area contributed by atoms with E-state index in [9.17, 15) is 0 Å². The second-order valence-electron chi connectivity index (χ2n) is 5.13. The van der Waals surface area contributed by atoms with Crippen molar-refractivity contribution in [2.24, 2.45) is 5.41 Å². The summed E-state index contributed by atoms with van der Waals surface area (Å²) in [6.45, 7) is 9.26. The molecule has 2 nitrogen and oxygen atoms in total. The van der Waals surface area contributed by atoms with Crippen LogP contribution in [0, 0.1) is 5.41 Å². The number of rotatable bonds is 0. The summed E-state index contributed by atoms with van der Waals surface area (Å²) in [5.41, 5.74) is 0.494. The van der Waals surface area contributed by atoms with Gasteiger partial charge in [0, 0.05) is 77.2 Å². The van der Waals surface area contributed by atoms with Crippen LogP contribution in [0.2, 0.25) is 0 Å². The van der Waals surface area contributed by atoms with E-state index in [1.54, 1.807) is 0 Å². The Bertz CT molecular complexity index is 221. The van der Waals surface area contributed by atoms with Crippen LogP contribution in [0.25, 0.3) is 0 Å². The van der Waals surface area contributed by atoms with Gasteiger partial charge in [0.05, 0.1) is 0 Å². The monoisotopic (exact) mass is 221 g/mol. The number of hydrogen-bond acceptors (Lipinski definition) is 2. The van der Waals surface area contributed by atoms with Gasteiger partial charge in [-0.2, -0.15) is 0 Å². The van der Waals surface area contributed by atoms with Crippen molar-refractivity contribution in [2.45, 2.75) is 39.7 Å². The Morgan fingerprint density at radius 1 is 1.07 bits per heavy atom. The fourth-order valence-electron chi connectivity index (χ4n) is 1.68. The van der Waals surface area contributed by atoms with Crippen LogP contribution in [0.1, 0.15) is 34.1 Å². The molecule has 0 atom stereocenters. The van der Waals surface area contributed by atoms with Gasteiger partial charge in [-0.15, -0.1) is 0 Å². The van der Waals surface area contributed by atoms with Crippen LogP contribution in [0.5, 0.6) is 0 Å². The van der Waals surface area contributed by atoms with E-state index < -0.39 is 0 Å². The Morgan fingerprint density at radius 3 is 2.07 bits per heavy atom. The fraction of sp³-hybridized carbons (Fsp3) is 0.818. The van der Waals surface area contributed by atoms with Crippen molar-refractivity contribution >= 4 is 51.4 Å². The molecule has 0 aromatic carbocycles. The van der Waals surface area contributed by atoms with E-state index >= 15 is 0 Å². The largest absolute Gasteiger partial charge is 0.316 e. The fourth-order valence-corrected chi connectivity index (χ4v) is 1.68. The van der Waals surface area contributed by atoms with E-state index in [0.29, 0.717) is 5.41 Å². The molecule has 1 rings (SSSR count). The standard InChI is InChI=1S/C11H22N2.K/c1-10(2)8-7-9-12(5)13(6)11(10,3)4;/h7,9H,8H2,1-6H3;. The minimum atomic E-state index is 0. The summed E-state index contributed by atoms with van der Waals surface area (Å²) >= 11 is 0. The normalized spacial score (nSPS) is 25.4. The van der Waals surface area contributed by atoms with Gasteiger partial charge in [-0.05, 0) is 25.7 Å². The van der Waals surface area contributed by atoms with E-state index in [4.69, 9.17) is 0 Å². The van der Waals surface area contributed by atoms with Gasteiger partial charge in [-0.25, -0.2) is 5.01 Å². The molecule has 0 amide bonds. The van der Waals surface area contributed by atoms with Crippen molar-refractivity contribution in [1.82, 2.24) is 10.0 Å². The quantitative estimate of drug-likeness (QED) is 0.578. The second-order valence-corrected chi connectivity index (χ2v) is 5.13. The Hall–Kier alpha value is 1.14. The van der Waals surface area contributed by atoms with Gasteiger partial charge in [0.25, 0.3) is 0 Å². The molecule has 0 aromatic rings. The van der Waals surface area contributed by atoms with Gasteiger partial charge in [-0.1, -0.05) is 19.9 Å². The molecule has 0 unspecified atom stereocenters. The average Bonchev–Trinajstić information content (AvgIpc) is 2.05. The summed E-state index contributed by atoms with van der Waals surface area (Å²) in [5, 5.41) is 4.46. The van der Waals surface area contributed by atoms with Gasteiger partial charge in [0.15, 0.2) is 0 Å². The molecule has 14 heavy (non-hydrogen) atoms. The molecule has 0 aliphatic carbocycles. The molecule has 0 aromatic heterocycles. The maximum atomic E-state index is 2.33. The summed E-state index contributed by atoms with van der Waals surface area (Å²) in [5.74, 6) is 0. The molecule has 1 aliphatic heterocycles. The van der Waals surface area contributed by atoms with Gasteiger partial charge >= 0.3 is 0 Å². The number of nitrogens with zero attached hydrogens (tertiary/aromatic N) is 2. The van der Waals surface area contributed by atoms with Crippen LogP contribution in [-0.4, -0.2) is 81.0 Å². The van der Waals surface area contributed by atoms with Gasteiger partial charge < -0.3 is 5.01 Å². The van der Waals surface area contributed by atoms with Crippen LogP contribution in [0.15, 0.2) is 12.3 Å². The van der Waals surface area contributed by atoms with Crippen LogP contribution in [-0.2, 0) is 0 Å². The Balaban J connectivity index is 0.00000169. The van der Waals surface area contributed by atoms with Crippen LogP contribution >= 0.6 is 0 Å². The Labute approximate surface area is 131 Å². The molecule has 1 aliphatic rings. The molecule has 0 saturated carbocycles. The van der Waals surface area contributed by atoms with Gasteiger partial charge in [0.1, 0.15) is 0 Å². The zero-order chi connectivity index (χ0) is 10.3. The molecular weight excluding hydrogens is 199 g/mol. The van der Waals surface area contributed by atoms with Gasteiger partial charge in [-0.3, -0.25) is 0 Å². The molecule has 77 valence electrons. The molecule has 1 radical (unpaired) electrons. The van der Waals surface area contributed by atoms with Gasteiger partial charge in [0.2, 0.25) is 0 Å². The number of hydrazine groups is 1. The molecule has 0 saturated heterocycles. The number of hydrogen-bond donors (Lipinski definition) is 0. The van der Waals surface area contributed by atoms with Crippen molar-refractivity contribution in [3.63, 3.8) is 0 Å². The summed E-state index contributed by atoms with van der Waals surface area (Å²) in [4.78, 5) is 0. The van der Waals surface area contributed by atoms with Crippen molar-refractivity contribution in [3.8, 4) is 0 Å². The molecule has 0 spiro atoms.